The average molecular weight is 526 g/mol. The first kappa shape index (κ1) is 27.3. The lowest BCUT2D eigenvalue weighted by Gasteiger charge is -2.19. The first-order chi connectivity index (χ1) is 17.9. The number of alkyl halides is 3. The van der Waals surface area contributed by atoms with Crippen LogP contribution in [-0.2, 0) is 22.9 Å². The molecule has 0 amide bonds. The van der Waals surface area contributed by atoms with E-state index in [1.807, 2.05) is 36.4 Å². The number of hydrogen-bond donors (Lipinski definition) is 1. The molecule has 0 spiro atoms. The molecule has 200 valence electrons. The molecule has 3 aromatic carbocycles. The van der Waals surface area contributed by atoms with Crippen molar-refractivity contribution in [1.82, 2.24) is 4.57 Å². The molecular formula is C30H30F3NO4. The van der Waals surface area contributed by atoms with E-state index in [2.05, 4.69) is 20.8 Å². The number of carboxylic acid groups (broad SMARTS) is 1. The smallest absolute Gasteiger partial charge is 0.416 e. The minimum Gasteiger partial charge on any atom is -0.491 e. The Hall–Kier alpha value is -3.78. The van der Waals surface area contributed by atoms with E-state index >= 15 is 0 Å². The third kappa shape index (κ3) is 5.70. The van der Waals surface area contributed by atoms with Crippen molar-refractivity contribution in [3.63, 3.8) is 0 Å². The van der Waals surface area contributed by atoms with Crippen LogP contribution in [0.3, 0.4) is 0 Å². The molecule has 4 rings (SSSR count). The second-order valence-corrected chi connectivity index (χ2v) is 10.2. The summed E-state index contributed by atoms with van der Waals surface area (Å²) in [5.41, 5.74) is 2.29. The third-order valence-corrected chi connectivity index (χ3v) is 6.40. The van der Waals surface area contributed by atoms with Gasteiger partial charge >= 0.3 is 12.1 Å². The van der Waals surface area contributed by atoms with Crippen molar-refractivity contribution in [3.8, 4) is 16.9 Å². The Labute approximate surface area is 219 Å². The van der Waals surface area contributed by atoms with E-state index < -0.39 is 17.7 Å². The Bertz CT molecular complexity index is 1450. The van der Waals surface area contributed by atoms with Gasteiger partial charge in [0.25, 0.3) is 0 Å². The molecule has 1 heterocycles. The number of carbonyl (C=O) groups is 1. The predicted molar refractivity (Wildman–Crippen MR) is 141 cm³/mol. The van der Waals surface area contributed by atoms with E-state index in [1.54, 1.807) is 16.7 Å². The van der Waals surface area contributed by atoms with Gasteiger partial charge in [0.05, 0.1) is 12.2 Å². The minimum atomic E-state index is -4.59. The van der Waals surface area contributed by atoms with Gasteiger partial charge in [0.15, 0.2) is 0 Å². The fourth-order valence-corrected chi connectivity index (χ4v) is 4.54. The Kier molecular flexibility index (Phi) is 7.56. The van der Waals surface area contributed by atoms with E-state index in [9.17, 15) is 23.1 Å². The van der Waals surface area contributed by atoms with Gasteiger partial charge in [0.1, 0.15) is 18.1 Å². The summed E-state index contributed by atoms with van der Waals surface area (Å²) in [6.07, 6.45) is -4.59. The van der Waals surface area contributed by atoms with Gasteiger partial charge in [0, 0.05) is 30.1 Å². The lowest BCUT2D eigenvalue weighted by Crippen LogP contribution is -2.13. The van der Waals surface area contributed by atoms with Crippen molar-refractivity contribution in [3.05, 3.63) is 89.1 Å². The number of nitrogens with zero attached hydrogens (tertiary/aromatic N) is 1. The first-order valence-corrected chi connectivity index (χ1v) is 12.2. The van der Waals surface area contributed by atoms with Gasteiger partial charge in [0.2, 0.25) is 0 Å². The summed E-state index contributed by atoms with van der Waals surface area (Å²) in [5, 5.41) is 11.0. The van der Waals surface area contributed by atoms with Crippen LogP contribution in [0, 0.1) is 0 Å². The SMILES string of the molecule is COCCOc1cc(Cn2c(C(=O)O)c(-c3ccc(C(C)(C)C)cc3)c3ccccc32)cc(C(F)(F)F)c1. The summed E-state index contributed by atoms with van der Waals surface area (Å²) in [6.45, 7) is 6.50. The van der Waals surface area contributed by atoms with E-state index in [0.717, 1.165) is 23.3 Å². The van der Waals surface area contributed by atoms with Gasteiger partial charge in [-0.3, -0.25) is 0 Å². The third-order valence-electron chi connectivity index (χ3n) is 6.40. The molecule has 1 N–H and O–H groups in total. The molecule has 0 saturated heterocycles. The number of halogens is 3. The molecule has 0 aliphatic rings. The van der Waals surface area contributed by atoms with Crippen molar-refractivity contribution < 1.29 is 32.5 Å². The maximum absolute atomic E-state index is 13.7. The maximum atomic E-state index is 13.7. The Morgan fingerprint density at radius 3 is 2.21 bits per heavy atom. The standard InChI is InChI=1S/C30H30F3NO4/c1-29(2,3)21-11-9-20(10-12-21)26-24-7-5-6-8-25(24)34(27(26)28(35)36)18-19-15-22(30(31,32)33)17-23(16-19)38-14-13-37-4/h5-12,15-17H,13-14,18H2,1-4H3,(H,35,36). The van der Waals surface area contributed by atoms with Crippen LogP contribution in [0.2, 0.25) is 0 Å². The number of methoxy groups -OCH3 is 1. The van der Waals surface area contributed by atoms with E-state index in [4.69, 9.17) is 9.47 Å². The topological polar surface area (TPSA) is 60.7 Å². The van der Waals surface area contributed by atoms with Crippen LogP contribution >= 0.6 is 0 Å². The number of aromatic carboxylic acids is 1. The summed E-state index contributed by atoms with van der Waals surface area (Å²) < 4.78 is 53.1. The summed E-state index contributed by atoms with van der Waals surface area (Å²) >= 11 is 0. The van der Waals surface area contributed by atoms with Gasteiger partial charge in [-0.15, -0.1) is 0 Å². The molecule has 0 fully saturated rings. The van der Waals surface area contributed by atoms with Crippen molar-refractivity contribution in [2.45, 2.75) is 38.9 Å². The number of rotatable bonds is 8. The number of benzene rings is 3. The van der Waals surface area contributed by atoms with Crippen molar-refractivity contribution in [2.24, 2.45) is 0 Å². The summed E-state index contributed by atoms with van der Waals surface area (Å²) in [6, 6.07) is 18.4. The Balaban J connectivity index is 1.87. The second kappa shape index (κ2) is 10.5. The fraction of sp³-hybridized carbons (Fsp3) is 0.300. The van der Waals surface area contributed by atoms with Crippen molar-refractivity contribution >= 4 is 16.9 Å². The second-order valence-electron chi connectivity index (χ2n) is 10.2. The van der Waals surface area contributed by atoms with Crippen LogP contribution in [0.15, 0.2) is 66.7 Å². The zero-order valence-electron chi connectivity index (χ0n) is 21.7. The Morgan fingerprint density at radius 1 is 0.921 bits per heavy atom. The monoisotopic (exact) mass is 525 g/mol. The summed E-state index contributed by atoms with van der Waals surface area (Å²) in [5.74, 6) is -1.13. The molecule has 38 heavy (non-hydrogen) atoms. The highest BCUT2D eigenvalue weighted by Crippen LogP contribution is 2.38. The molecule has 5 nitrogen and oxygen atoms in total. The molecular weight excluding hydrogens is 495 g/mol. The molecule has 0 atom stereocenters. The summed E-state index contributed by atoms with van der Waals surface area (Å²) in [4.78, 5) is 12.6. The molecule has 0 saturated carbocycles. The van der Waals surface area contributed by atoms with Crippen molar-refractivity contribution in [1.29, 1.82) is 0 Å². The number of ether oxygens (including phenoxy) is 2. The molecule has 0 aliphatic carbocycles. The van der Waals surface area contributed by atoms with E-state index in [0.29, 0.717) is 16.5 Å². The normalized spacial score (nSPS) is 12.2. The zero-order valence-corrected chi connectivity index (χ0v) is 21.7. The number of aromatic nitrogens is 1. The van der Waals surface area contributed by atoms with Crippen LogP contribution in [0.4, 0.5) is 13.2 Å². The molecule has 0 bridgehead atoms. The predicted octanol–water partition coefficient (Wildman–Crippen LogP) is 7.40. The molecule has 0 radical (unpaired) electrons. The van der Waals surface area contributed by atoms with Gasteiger partial charge in [-0.1, -0.05) is 63.2 Å². The maximum Gasteiger partial charge on any atom is 0.416 e. The largest absolute Gasteiger partial charge is 0.491 e. The van der Waals surface area contributed by atoms with Gasteiger partial charge in [-0.2, -0.15) is 13.2 Å². The minimum absolute atomic E-state index is 0.00831. The zero-order chi connectivity index (χ0) is 27.7. The molecule has 4 aromatic rings. The van der Waals surface area contributed by atoms with E-state index in [1.165, 1.54) is 13.2 Å². The highest BCUT2D eigenvalue weighted by Gasteiger charge is 2.32. The molecule has 1 aromatic heterocycles. The number of carboxylic acids is 1. The lowest BCUT2D eigenvalue weighted by atomic mass is 9.86. The van der Waals surface area contributed by atoms with Crippen LogP contribution < -0.4 is 4.74 Å². The van der Waals surface area contributed by atoms with Gasteiger partial charge in [-0.25, -0.2) is 4.79 Å². The van der Waals surface area contributed by atoms with Crippen LogP contribution in [0.5, 0.6) is 5.75 Å². The van der Waals surface area contributed by atoms with Crippen LogP contribution in [0.25, 0.3) is 22.0 Å². The molecule has 8 heteroatoms. The first-order valence-electron chi connectivity index (χ1n) is 12.2. The van der Waals surface area contributed by atoms with Crippen LogP contribution in [0.1, 0.15) is 48.0 Å². The quantitative estimate of drug-likeness (QED) is 0.244. The molecule has 0 aliphatic heterocycles. The fourth-order valence-electron chi connectivity index (χ4n) is 4.54. The van der Waals surface area contributed by atoms with Crippen molar-refractivity contribution in [2.75, 3.05) is 20.3 Å². The highest BCUT2D eigenvalue weighted by atomic mass is 19.4. The van der Waals surface area contributed by atoms with Gasteiger partial charge < -0.3 is 19.1 Å². The lowest BCUT2D eigenvalue weighted by molar-refractivity contribution is -0.137. The Morgan fingerprint density at radius 2 is 1.61 bits per heavy atom. The van der Waals surface area contributed by atoms with Crippen LogP contribution in [-0.4, -0.2) is 36.0 Å². The number of hydrogen-bond acceptors (Lipinski definition) is 3. The number of para-hydroxylation sites is 1. The van der Waals surface area contributed by atoms with Gasteiger partial charge in [-0.05, 0) is 46.4 Å². The summed E-state index contributed by atoms with van der Waals surface area (Å²) in [7, 11) is 1.47. The molecule has 0 unspecified atom stereocenters. The number of fused-ring (bicyclic) bond motifs is 1. The highest BCUT2D eigenvalue weighted by molar-refractivity contribution is 6.08. The average Bonchev–Trinajstić information content (AvgIpc) is 3.17. The van der Waals surface area contributed by atoms with E-state index in [-0.39, 0.29) is 42.2 Å².